The SMILES string of the molecule is COc1cc2cnnc(N3CCC(Oc4cccc(C)c4)CC3)c2cc1OC. The van der Waals surface area contributed by atoms with Crippen LogP contribution in [0.2, 0.25) is 0 Å². The predicted octanol–water partition coefficient (Wildman–Crippen LogP) is 4.00. The monoisotopic (exact) mass is 379 g/mol. The maximum atomic E-state index is 6.18. The highest BCUT2D eigenvalue weighted by atomic mass is 16.5. The number of benzene rings is 2. The zero-order chi connectivity index (χ0) is 19.5. The first-order chi connectivity index (χ1) is 13.7. The van der Waals surface area contributed by atoms with Crippen LogP contribution in [0.3, 0.4) is 0 Å². The van der Waals surface area contributed by atoms with Gasteiger partial charge in [0.2, 0.25) is 0 Å². The summed E-state index contributed by atoms with van der Waals surface area (Å²) in [6.07, 6.45) is 3.86. The van der Waals surface area contributed by atoms with Crippen LogP contribution in [-0.2, 0) is 0 Å². The van der Waals surface area contributed by atoms with Crippen LogP contribution in [0.4, 0.5) is 5.82 Å². The summed E-state index contributed by atoms with van der Waals surface area (Å²) >= 11 is 0. The largest absolute Gasteiger partial charge is 0.493 e. The molecule has 0 aliphatic carbocycles. The Labute approximate surface area is 165 Å². The molecule has 6 heteroatoms. The quantitative estimate of drug-likeness (QED) is 0.668. The highest BCUT2D eigenvalue weighted by molar-refractivity contribution is 5.94. The number of nitrogens with zero attached hydrogens (tertiary/aromatic N) is 3. The minimum atomic E-state index is 0.218. The first-order valence-corrected chi connectivity index (χ1v) is 9.53. The van der Waals surface area contributed by atoms with Crippen molar-refractivity contribution in [2.75, 3.05) is 32.2 Å². The van der Waals surface area contributed by atoms with Gasteiger partial charge in [-0.2, -0.15) is 5.10 Å². The molecule has 146 valence electrons. The van der Waals surface area contributed by atoms with Gasteiger partial charge < -0.3 is 19.1 Å². The van der Waals surface area contributed by atoms with Crippen LogP contribution >= 0.6 is 0 Å². The molecule has 1 aliphatic rings. The van der Waals surface area contributed by atoms with Gasteiger partial charge in [-0.25, -0.2) is 0 Å². The Kier molecular flexibility index (Phi) is 5.19. The number of piperidine rings is 1. The van der Waals surface area contributed by atoms with E-state index in [1.165, 1.54) is 5.56 Å². The number of hydrogen-bond donors (Lipinski definition) is 0. The molecule has 0 radical (unpaired) electrons. The van der Waals surface area contributed by atoms with Crippen LogP contribution in [0.25, 0.3) is 10.8 Å². The van der Waals surface area contributed by atoms with E-state index in [4.69, 9.17) is 14.2 Å². The summed E-state index contributed by atoms with van der Waals surface area (Å²) in [6, 6.07) is 12.1. The third-order valence-corrected chi connectivity index (χ3v) is 5.18. The van der Waals surface area contributed by atoms with E-state index in [0.29, 0.717) is 11.5 Å². The van der Waals surface area contributed by atoms with E-state index >= 15 is 0 Å². The summed E-state index contributed by atoms with van der Waals surface area (Å²) in [5.41, 5.74) is 1.21. The smallest absolute Gasteiger partial charge is 0.161 e. The molecule has 0 saturated carbocycles. The van der Waals surface area contributed by atoms with Gasteiger partial charge in [-0.3, -0.25) is 0 Å². The van der Waals surface area contributed by atoms with E-state index in [-0.39, 0.29) is 6.10 Å². The first kappa shape index (κ1) is 18.3. The topological polar surface area (TPSA) is 56.7 Å². The lowest BCUT2D eigenvalue weighted by Crippen LogP contribution is -2.38. The first-order valence-electron chi connectivity index (χ1n) is 9.53. The number of fused-ring (bicyclic) bond motifs is 1. The highest BCUT2D eigenvalue weighted by Gasteiger charge is 2.23. The summed E-state index contributed by atoms with van der Waals surface area (Å²) in [4.78, 5) is 2.28. The molecule has 2 aromatic carbocycles. The molecule has 28 heavy (non-hydrogen) atoms. The summed E-state index contributed by atoms with van der Waals surface area (Å²) in [7, 11) is 3.28. The zero-order valence-corrected chi connectivity index (χ0v) is 16.5. The third-order valence-electron chi connectivity index (χ3n) is 5.18. The van der Waals surface area contributed by atoms with Gasteiger partial charge in [0, 0.05) is 36.7 Å². The Morgan fingerprint density at radius 3 is 2.46 bits per heavy atom. The molecule has 1 fully saturated rings. The van der Waals surface area contributed by atoms with Crippen molar-refractivity contribution >= 4 is 16.6 Å². The lowest BCUT2D eigenvalue weighted by molar-refractivity contribution is 0.170. The Balaban J connectivity index is 1.52. The highest BCUT2D eigenvalue weighted by Crippen LogP contribution is 2.36. The molecule has 4 rings (SSSR count). The van der Waals surface area contributed by atoms with Crippen molar-refractivity contribution in [1.82, 2.24) is 10.2 Å². The summed E-state index contributed by atoms with van der Waals surface area (Å²) in [5.74, 6) is 3.22. The average Bonchev–Trinajstić information content (AvgIpc) is 2.73. The minimum absolute atomic E-state index is 0.218. The number of methoxy groups -OCH3 is 2. The van der Waals surface area contributed by atoms with Crippen molar-refractivity contribution in [3.8, 4) is 17.2 Å². The van der Waals surface area contributed by atoms with Gasteiger partial charge in [-0.15, -0.1) is 5.10 Å². The maximum Gasteiger partial charge on any atom is 0.161 e. The molecule has 0 unspecified atom stereocenters. The zero-order valence-electron chi connectivity index (χ0n) is 16.5. The normalized spacial score (nSPS) is 14.9. The molecular formula is C22H25N3O3. The van der Waals surface area contributed by atoms with E-state index < -0.39 is 0 Å². The lowest BCUT2D eigenvalue weighted by Gasteiger charge is -2.33. The van der Waals surface area contributed by atoms with Gasteiger partial charge in [0.15, 0.2) is 17.3 Å². The molecule has 1 aliphatic heterocycles. The second-order valence-corrected chi connectivity index (χ2v) is 7.08. The van der Waals surface area contributed by atoms with Gasteiger partial charge in [-0.05, 0) is 36.8 Å². The van der Waals surface area contributed by atoms with Gasteiger partial charge in [-0.1, -0.05) is 12.1 Å². The molecule has 2 heterocycles. The van der Waals surface area contributed by atoms with Crippen molar-refractivity contribution in [1.29, 1.82) is 0 Å². The average molecular weight is 379 g/mol. The summed E-state index contributed by atoms with van der Waals surface area (Å²) in [6.45, 7) is 3.83. The van der Waals surface area contributed by atoms with E-state index in [0.717, 1.165) is 48.3 Å². The molecule has 3 aromatic rings. The fourth-order valence-electron chi connectivity index (χ4n) is 3.69. The second-order valence-electron chi connectivity index (χ2n) is 7.08. The molecule has 0 atom stereocenters. The van der Waals surface area contributed by atoms with Crippen molar-refractivity contribution in [3.05, 3.63) is 48.2 Å². The van der Waals surface area contributed by atoms with Crippen LogP contribution in [0, 0.1) is 6.92 Å². The van der Waals surface area contributed by atoms with Crippen LogP contribution < -0.4 is 19.1 Å². The van der Waals surface area contributed by atoms with Gasteiger partial charge in [0.1, 0.15) is 11.9 Å². The van der Waals surface area contributed by atoms with Crippen LogP contribution in [0.5, 0.6) is 17.2 Å². The Morgan fingerprint density at radius 1 is 1.00 bits per heavy atom. The number of aryl methyl sites for hydroxylation is 1. The summed E-state index contributed by atoms with van der Waals surface area (Å²) in [5, 5.41) is 10.6. The third kappa shape index (κ3) is 3.67. The maximum absolute atomic E-state index is 6.18. The van der Waals surface area contributed by atoms with Gasteiger partial charge in [0.05, 0.1) is 20.4 Å². The molecule has 1 aromatic heterocycles. The van der Waals surface area contributed by atoms with E-state index in [2.05, 4.69) is 34.2 Å². The Bertz CT molecular complexity index is 968. The molecular weight excluding hydrogens is 354 g/mol. The Morgan fingerprint density at radius 2 is 1.75 bits per heavy atom. The van der Waals surface area contributed by atoms with Crippen molar-refractivity contribution in [2.24, 2.45) is 0 Å². The van der Waals surface area contributed by atoms with Crippen molar-refractivity contribution < 1.29 is 14.2 Å². The fourth-order valence-corrected chi connectivity index (χ4v) is 3.69. The van der Waals surface area contributed by atoms with E-state index in [1.54, 1.807) is 20.4 Å². The molecule has 1 saturated heterocycles. The second kappa shape index (κ2) is 7.92. The Hall–Kier alpha value is -3.02. The predicted molar refractivity (Wildman–Crippen MR) is 110 cm³/mol. The molecule has 0 amide bonds. The van der Waals surface area contributed by atoms with Gasteiger partial charge >= 0.3 is 0 Å². The standard InChI is InChI=1S/C22H25N3O3/c1-15-5-4-6-18(11-15)28-17-7-9-25(10-8-17)22-19-13-21(27-3)20(26-2)12-16(19)14-23-24-22/h4-6,11-14,17H,7-10H2,1-3H3. The van der Waals surface area contributed by atoms with Crippen LogP contribution in [0.1, 0.15) is 18.4 Å². The van der Waals surface area contributed by atoms with Crippen molar-refractivity contribution in [3.63, 3.8) is 0 Å². The van der Waals surface area contributed by atoms with Crippen LogP contribution in [0.15, 0.2) is 42.6 Å². The van der Waals surface area contributed by atoms with E-state index in [1.807, 2.05) is 24.3 Å². The summed E-state index contributed by atoms with van der Waals surface area (Å²) < 4.78 is 17.0. The molecule has 0 N–H and O–H groups in total. The van der Waals surface area contributed by atoms with Crippen LogP contribution in [-0.4, -0.2) is 43.6 Å². The number of aromatic nitrogens is 2. The fraction of sp³-hybridized carbons (Fsp3) is 0.364. The number of hydrogen-bond acceptors (Lipinski definition) is 6. The molecule has 0 spiro atoms. The lowest BCUT2D eigenvalue weighted by atomic mass is 10.1. The van der Waals surface area contributed by atoms with E-state index in [9.17, 15) is 0 Å². The molecule has 0 bridgehead atoms. The van der Waals surface area contributed by atoms with Gasteiger partial charge in [0.25, 0.3) is 0 Å². The number of ether oxygens (including phenoxy) is 3. The minimum Gasteiger partial charge on any atom is -0.493 e. The van der Waals surface area contributed by atoms with Crippen molar-refractivity contribution in [2.45, 2.75) is 25.9 Å². The number of rotatable bonds is 5. The number of anilines is 1. The molecule has 6 nitrogen and oxygen atoms in total.